The van der Waals surface area contributed by atoms with Crippen molar-refractivity contribution >= 4 is 17.5 Å². The summed E-state index contributed by atoms with van der Waals surface area (Å²) in [4.78, 5) is 6.95. The van der Waals surface area contributed by atoms with Crippen molar-refractivity contribution in [1.82, 2.24) is 20.1 Å². The van der Waals surface area contributed by atoms with Crippen LogP contribution in [0.3, 0.4) is 0 Å². The van der Waals surface area contributed by atoms with Crippen molar-refractivity contribution < 1.29 is 0 Å². The molecule has 2 aliphatic rings. The quantitative estimate of drug-likeness (QED) is 0.921. The van der Waals surface area contributed by atoms with E-state index in [4.69, 9.17) is 11.6 Å². The van der Waals surface area contributed by atoms with Crippen molar-refractivity contribution in [3.8, 4) is 0 Å². The standard InChI is InChI=1S/C13H20ClN5/c1-9-12(14)17-18-13(15-9)16-10-4-3-7-19(8-10)11-5-2-6-11/h10-11H,2-8H2,1H3,(H,15,16,18)/t10-/m1/s1. The monoisotopic (exact) mass is 281 g/mol. The summed E-state index contributed by atoms with van der Waals surface area (Å²) in [6.07, 6.45) is 6.54. The molecule has 5 nitrogen and oxygen atoms in total. The molecule has 0 unspecified atom stereocenters. The molecule has 2 fully saturated rings. The van der Waals surface area contributed by atoms with Crippen LogP contribution in [0.1, 0.15) is 37.8 Å². The van der Waals surface area contributed by atoms with Gasteiger partial charge in [-0.05, 0) is 39.2 Å². The van der Waals surface area contributed by atoms with E-state index >= 15 is 0 Å². The summed E-state index contributed by atoms with van der Waals surface area (Å²) in [6.45, 7) is 4.18. The fourth-order valence-corrected chi connectivity index (χ4v) is 2.92. The lowest BCUT2D eigenvalue weighted by Crippen LogP contribution is -2.49. The number of anilines is 1. The van der Waals surface area contributed by atoms with Gasteiger partial charge in [-0.2, -0.15) is 0 Å². The zero-order valence-electron chi connectivity index (χ0n) is 11.3. The summed E-state index contributed by atoms with van der Waals surface area (Å²) >= 11 is 5.84. The van der Waals surface area contributed by atoms with E-state index in [9.17, 15) is 0 Å². The number of nitrogens with zero attached hydrogens (tertiary/aromatic N) is 4. The maximum Gasteiger partial charge on any atom is 0.243 e. The highest BCUT2D eigenvalue weighted by Gasteiger charge is 2.29. The minimum atomic E-state index is 0.380. The molecule has 0 amide bonds. The highest BCUT2D eigenvalue weighted by molar-refractivity contribution is 6.29. The lowest BCUT2D eigenvalue weighted by atomic mass is 9.89. The fourth-order valence-electron chi connectivity index (χ4n) is 2.84. The Morgan fingerprint density at radius 2 is 2.05 bits per heavy atom. The predicted octanol–water partition coefficient (Wildman–Crippen LogP) is 2.26. The van der Waals surface area contributed by atoms with Crippen molar-refractivity contribution in [3.63, 3.8) is 0 Å². The average Bonchev–Trinajstić information content (AvgIpc) is 2.32. The van der Waals surface area contributed by atoms with E-state index in [1.54, 1.807) is 0 Å². The van der Waals surface area contributed by atoms with Crippen molar-refractivity contribution in [2.24, 2.45) is 0 Å². The van der Waals surface area contributed by atoms with Crippen molar-refractivity contribution in [1.29, 1.82) is 0 Å². The molecule has 3 rings (SSSR count). The van der Waals surface area contributed by atoms with Gasteiger partial charge in [0.1, 0.15) is 0 Å². The number of nitrogens with one attached hydrogen (secondary N) is 1. The Morgan fingerprint density at radius 3 is 2.74 bits per heavy atom. The topological polar surface area (TPSA) is 53.9 Å². The van der Waals surface area contributed by atoms with E-state index in [0.717, 1.165) is 18.3 Å². The first kappa shape index (κ1) is 13.1. The van der Waals surface area contributed by atoms with Crippen molar-refractivity contribution in [2.45, 2.75) is 51.1 Å². The van der Waals surface area contributed by atoms with E-state index in [1.165, 1.54) is 38.6 Å². The second-order valence-electron chi connectivity index (χ2n) is 5.57. The van der Waals surface area contributed by atoms with Crippen LogP contribution in [-0.4, -0.2) is 45.3 Å². The number of hydrogen-bond donors (Lipinski definition) is 1. The molecule has 1 saturated heterocycles. The van der Waals surface area contributed by atoms with Crippen LogP contribution in [0.5, 0.6) is 0 Å². The van der Waals surface area contributed by atoms with E-state index in [0.29, 0.717) is 17.1 Å². The molecule has 1 saturated carbocycles. The first-order valence-corrected chi connectivity index (χ1v) is 7.47. The molecule has 0 bridgehead atoms. The van der Waals surface area contributed by atoms with Crippen LogP contribution < -0.4 is 5.32 Å². The number of halogens is 1. The molecule has 2 heterocycles. The molecule has 1 N–H and O–H groups in total. The fraction of sp³-hybridized carbons (Fsp3) is 0.769. The van der Waals surface area contributed by atoms with Gasteiger partial charge < -0.3 is 5.32 Å². The van der Waals surface area contributed by atoms with Gasteiger partial charge in [-0.1, -0.05) is 18.0 Å². The predicted molar refractivity (Wildman–Crippen MR) is 75.4 cm³/mol. The van der Waals surface area contributed by atoms with Crippen LogP contribution in [0.15, 0.2) is 0 Å². The second kappa shape index (κ2) is 5.59. The van der Waals surface area contributed by atoms with E-state index in [1.807, 2.05) is 6.92 Å². The molecule has 104 valence electrons. The van der Waals surface area contributed by atoms with Crippen LogP contribution in [0.2, 0.25) is 5.15 Å². The second-order valence-corrected chi connectivity index (χ2v) is 5.93. The summed E-state index contributed by atoms with van der Waals surface area (Å²) in [5.41, 5.74) is 0.728. The van der Waals surface area contributed by atoms with Gasteiger partial charge in [0, 0.05) is 18.6 Å². The SMILES string of the molecule is Cc1nc(N[C@@H]2CCCN(C3CCC3)C2)nnc1Cl. The number of aromatic nitrogens is 3. The van der Waals surface area contributed by atoms with E-state index < -0.39 is 0 Å². The van der Waals surface area contributed by atoms with Gasteiger partial charge >= 0.3 is 0 Å². The molecular formula is C13H20ClN5. The average molecular weight is 282 g/mol. The molecule has 1 aliphatic heterocycles. The maximum atomic E-state index is 5.84. The van der Waals surface area contributed by atoms with Crippen LogP contribution in [0, 0.1) is 6.92 Å². The van der Waals surface area contributed by atoms with Crippen molar-refractivity contribution in [2.75, 3.05) is 18.4 Å². The molecule has 19 heavy (non-hydrogen) atoms. The normalized spacial score (nSPS) is 25.1. The Labute approximate surface area is 118 Å². The summed E-state index contributed by atoms with van der Waals surface area (Å²) in [5.74, 6) is 0.599. The summed E-state index contributed by atoms with van der Waals surface area (Å²) in [5, 5.41) is 11.7. The van der Waals surface area contributed by atoms with Gasteiger partial charge in [0.15, 0.2) is 5.15 Å². The van der Waals surface area contributed by atoms with Crippen LogP contribution in [0.25, 0.3) is 0 Å². The lowest BCUT2D eigenvalue weighted by molar-refractivity contribution is 0.0989. The zero-order valence-corrected chi connectivity index (χ0v) is 12.0. The molecule has 1 aromatic heterocycles. The Hall–Kier alpha value is -0.940. The third-order valence-electron chi connectivity index (χ3n) is 4.18. The first-order valence-electron chi connectivity index (χ1n) is 7.10. The van der Waals surface area contributed by atoms with E-state index in [-0.39, 0.29) is 0 Å². The minimum Gasteiger partial charge on any atom is -0.349 e. The van der Waals surface area contributed by atoms with Crippen molar-refractivity contribution in [3.05, 3.63) is 10.8 Å². The Kier molecular flexibility index (Phi) is 3.84. The third-order valence-corrected chi connectivity index (χ3v) is 4.53. The Morgan fingerprint density at radius 1 is 1.21 bits per heavy atom. The Bertz CT molecular complexity index is 449. The third kappa shape index (κ3) is 2.98. The molecule has 6 heteroatoms. The molecule has 0 radical (unpaired) electrons. The van der Waals surface area contributed by atoms with Crippen LogP contribution in [0.4, 0.5) is 5.95 Å². The molecule has 0 aromatic carbocycles. The van der Waals surface area contributed by atoms with Gasteiger partial charge in [0.05, 0.1) is 5.69 Å². The molecule has 1 aromatic rings. The summed E-state index contributed by atoms with van der Waals surface area (Å²) < 4.78 is 0. The zero-order chi connectivity index (χ0) is 13.2. The van der Waals surface area contributed by atoms with Gasteiger partial charge in [-0.3, -0.25) is 4.90 Å². The number of piperidine rings is 1. The van der Waals surface area contributed by atoms with E-state index in [2.05, 4.69) is 25.4 Å². The molecular weight excluding hydrogens is 262 g/mol. The smallest absolute Gasteiger partial charge is 0.243 e. The number of likely N-dealkylation sites (tertiary alicyclic amines) is 1. The first-order chi connectivity index (χ1) is 9.22. The highest BCUT2D eigenvalue weighted by atomic mass is 35.5. The summed E-state index contributed by atoms with van der Waals surface area (Å²) in [6, 6.07) is 1.24. The number of hydrogen-bond acceptors (Lipinski definition) is 5. The van der Waals surface area contributed by atoms with Gasteiger partial charge in [-0.25, -0.2) is 4.98 Å². The lowest BCUT2D eigenvalue weighted by Gasteiger charge is -2.42. The molecule has 1 atom stereocenters. The maximum absolute atomic E-state index is 5.84. The molecule has 0 spiro atoms. The van der Waals surface area contributed by atoms with Gasteiger partial charge in [0.25, 0.3) is 0 Å². The minimum absolute atomic E-state index is 0.380. The van der Waals surface area contributed by atoms with Crippen LogP contribution in [-0.2, 0) is 0 Å². The van der Waals surface area contributed by atoms with Gasteiger partial charge in [-0.15, -0.1) is 10.2 Å². The largest absolute Gasteiger partial charge is 0.349 e. The van der Waals surface area contributed by atoms with Gasteiger partial charge in [0.2, 0.25) is 5.95 Å². The summed E-state index contributed by atoms with van der Waals surface area (Å²) in [7, 11) is 0. The Balaban J connectivity index is 1.60. The highest BCUT2D eigenvalue weighted by Crippen LogP contribution is 2.27. The number of aryl methyl sites for hydroxylation is 1. The van der Waals surface area contributed by atoms with Crippen LogP contribution >= 0.6 is 11.6 Å². The number of rotatable bonds is 3. The molecule has 1 aliphatic carbocycles.